The molecular formula is C13H17ClN2O2. The van der Waals surface area contributed by atoms with Crippen LogP contribution < -0.4 is 14.8 Å². The Bertz CT molecular complexity index is 441. The highest BCUT2D eigenvalue weighted by Crippen LogP contribution is 2.36. The largest absolute Gasteiger partial charge is 0.493 e. The van der Waals surface area contributed by atoms with Crippen molar-refractivity contribution in [2.24, 2.45) is 0 Å². The van der Waals surface area contributed by atoms with E-state index in [1.165, 1.54) is 0 Å². The molecule has 4 nitrogen and oxygen atoms in total. The van der Waals surface area contributed by atoms with E-state index in [4.69, 9.17) is 26.3 Å². The van der Waals surface area contributed by atoms with Gasteiger partial charge in [0.1, 0.15) is 6.07 Å². The van der Waals surface area contributed by atoms with Crippen molar-refractivity contribution in [1.82, 2.24) is 5.32 Å². The summed E-state index contributed by atoms with van der Waals surface area (Å²) in [5.74, 6) is 0.951. The quantitative estimate of drug-likeness (QED) is 0.862. The summed E-state index contributed by atoms with van der Waals surface area (Å²) in [7, 11) is 1.55. The Balaban J connectivity index is 2.92. The maximum Gasteiger partial charge on any atom is 0.181 e. The van der Waals surface area contributed by atoms with Crippen LogP contribution in [-0.4, -0.2) is 19.8 Å². The lowest BCUT2D eigenvalue weighted by atomic mass is 10.2. The molecule has 0 aliphatic carbocycles. The molecule has 1 rings (SSSR count). The van der Waals surface area contributed by atoms with E-state index in [1.54, 1.807) is 7.11 Å². The van der Waals surface area contributed by atoms with Crippen LogP contribution >= 0.6 is 11.6 Å². The maximum absolute atomic E-state index is 8.51. The average molecular weight is 269 g/mol. The second-order valence-electron chi connectivity index (χ2n) is 4.09. The Kier molecular flexibility index (Phi) is 5.76. The summed E-state index contributed by atoms with van der Waals surface area (Å²) in [6, 6.07) is 5.96. The van der Waals surface area contributed by atoms with Crippen LogP contribution in [0.4, 0.5) is 0 Å². The van der Waals surface area contributed by atoms with Crippen molar-refractivity contribution >= 4 is 11.6 Å². The lowest BCUT2D eigenvalue weighted by molar-refractivity contribution is 0.329. The van der Waals surface area contributed by atoms with Gasteiger partial charge in [0.05, 0.1) is 12.1 Å². The van der Waals surface area contributed by atoms with Crippen molar-refractivity contribution in [2.75, 3.05) is 13.7 Å². The molecular weight excluding hydrogens is 252 g/mol. The van der Waals surface area contributed by atoms with E-state index >= 15 is 0 Å². The number of hydrogen-bond donors (Lipinski definition) is 1. The highest BCUT2D eigenvalue weighted by atomic mass is 35.5. The summed E-state index contributed by atoms with van der Waals surface area (Å²) in [5.41, 5.74) is 1.01. The highest BCUT2D eigenvalue weighted by Gasteiger charge is 2.12. The lowest BCUT2D eigenvalue weighted by Gasteiger charge is -2.14. The van der Waals surface area contributed by atoms with Crippen molar-refractivity contribution in [3.63, 3.8) is 0 Å². The normalized spacial score (nSPS) is 10.2. The van der Waals surface area contributed by atoms with Gasteiger partial charge in [-0.25, -0.2) is 0 Å². The van der Waals surface area contributed by atoms with Crippen LogP contribution in [0.2, 0.25) is 5.02 Å². The van der Waals surface area contributed by atoms with Crippen LogP contribution in [-0.2, 0) is 6.54 Å². The number of nitriles is 1. The molecule has 0 saturated carbocycles. The van der Waals surface area contributed by atoms with Gasteiger partial charge in [-0.1, -0.05) is 25.4 Å². The van der Waals surface area contributed by atoms with Crippen LogP contribution in [0.25, 0.3) is 0 Å². The standard InChI is InChI=1S/C13H17ClN2O2/c1-9(2)16-8-10-6-11(14)13(18-5-4-15)12(7-10)17-3/h6-7,9,16H,5,8H2,1-3H3. The van der Waals surface area contributed by atoms with Gasteiger partial charge in [-0.3, -0.25) is 0 Å². The molecule has 0 atom stereocenters. The molecule has 0 aliphatic rings. The average Bonchev–Trinajstić information content (AvgIpc) is 2.34. The number of nitrogens with one attached hydrogen (secondary N) is 1. The fourth-order valence-electron chi connectivity index (χ4n) is 1.44. The van der Waals surface area contributed by atoms with Crippen molar-refractivity contribution in [1.29, 1.82) is 5.26 Å². The minimum Gasteiger partial charge on any atom is -0.493 e. The van der Waals surface area contributed by atoms with Crippen molar-refractivity contribution in [3.05, 3.63) is 22.7 Å². The van der Waals surface area contributed by atoms with E-state index in [2.05, 4.69) is 19.2 Å². The first-order valence-corrected chi connectivity index (χ1v) is 6.05. The number of hydrogen-bond acceptors (Lipinski definition) is 4. The molecule has 0 aromatic heterocycles. The predicted octanol–water partition coefficient (Wildman–Crippen LogP) is 2.75. The van der Waals surface area contributed by atoms with Gasteiger partial charge < -0.3 is 14.8 Å². The third kappa shape index (κ3) is 4.10. The second-order valence-corrected chi connectivity index (χ2v) is 4.50. The first kappa shape index (κ1) is 14.6. The number of ether oxygens (including phenoxy) is 2. The van der Waals surface area contributed by atoms with Gasteiger partial charge in [0.15, 0.2) is 18.1 Å². The van der Waals surface area contributed by atoms with Gasteiger partial charge in [0.2, 0.25) is 0 Å². The zero-order valence-electron chi connectivity index (χ0n) is 10.8. The van der Waals surface area contributed by atoms with Crippen molar-refractivity contribution in [2.45, 2.75) is 26.4 Å². The Morgan fingerprint density at radius 2 is 2.17 bits per heavy atom. The van der Waals surface area contributed by atoms with Crippen molar-refractivity contribution in [3.8, 4) is 17.6 Å². The Labute approximate surface area is 112 Å². The minimum absolute atomic E-state index is 0.0559. The third-order valence-corrected chi connectivity index (χ3v) is 2.57. The van der Waals surface area contributed by atoms with E-state index in [-0.39, 0.29) is 6.61 Å². The molecule has 5 heteroatoms. The third-order valence-electron chi connectivity index (χ3n) is 2.28. The molecule has 1 aromatic rings. The number of benzene rings is 1. The molecule has 0 spiro atoms. The number of nitrogens with zero attached hydrogens (tertiary/aromatic N) is 1. The Hall–Kier alpha value is -1.44. The summed E-state index contributed by atoms with van der Waals surface area (Å²) < 4.78 is 10.5. The van der Waals surface area contributed by atoms with Gasteiger partial charge in [0, 0.05) is 12.6 Å². The molecule has 0 fully saturated rings. The molecule has 0 amide bonds. The Morgan fingerprint density at radius 3 is 2.72 bits per heavy atom. The van der Waals surface area contributed by atoms with E-state index in [9.17, 15) is 0 Å². The second kappa shape index (κ2) is 7.10. The van der Waals surface area contributed by atoms with Gasteiger partial charge in [-0.2, -0.15) is 5.26 Å². The van der Waals surface area contributed by atoms with Crippen LogP contribution in [0, 0.1) is 11.3 Å². The molecule has 0 aliphatic heterocycles. The molecule has 98 valence electrons. The van der Waals surface area contributed by atoms with E-state index in [1.807, 2.05) is 18.2 Å². The van der Waals surface area contributed by atoms with E-state index in [0.29, 0.717) is 29.1 Å². The summed E-state index contributed by atoms with van der Waals surface area (Å²) in [4.78, 5) is 0. The summed E-state index contributed by atoms with van der Waals surface area (Å²) >= 11 is 6.12. The molecule has 1 N–H and O–H groups in total. The van der Waals surface area contributed by atoms with Gasteiger partial charge in [-0.15, -0.1) is 0 Å². The van der Waals surface area contributed by atoms with E-state index in [0.717, 1.165) is 5.56 Å². The number of rotatable bonds is 6. The number of methoxy groups -OCH3 is 1. The molecule has 0 unspecified atom stereocenters. The SMILES string of the molecule is COc1cc(CNC(C)C)cc(Cl)c1OCC#N. The molecule has 0 saturated heterocycles. The van der Waals surface area contributed by atoms with Gasteiger partial charge >= 0.3 is 0 Å². The fraction of sp³-hybridized carbons (Fsp3) is 0.462. The highest BCUT2D eigenvalue weighted by molar-refractivity contribution is 6.32. The summed E-state index contributed by atoms with van der Waals surface area (Å²) in [6.45, 7) is 4.79. The minimum atomic E-state index is -0.0559. The first-order chi connectivity index (χ1) is 8.58. The van der Waals surface area contributed by atoms with Gasteiger partial charge in [0.25, 0.3) is 0 Å². The molecule has 18 heavy (non-hydrogen) atoms. The number of halogens is 1. The lowest BCUT2D eigenvalue weighted by Crippen LogP contribution is -2.21. The smallest absolute Gasteiger partial charge is 0.181 e. The maximum atomic E-state index is 8.51. The molecule has 0 heterocycles. The Morgan fingerprint density at radius 1 is 1.44 bits per heavy atom. The summed E-state index contributed by atoms with van der Waals surface area (Å²) in [5, 5.41) is 12.3. The van der Waals surface area contributed by atoms with Gasteiger partial charge in [-0.05, 0) is 17.7 Å². The molecule has 1 aromatic carbocycles. The predicted molar refractivity (Wildman–Crippen MR) is 71.1 cm³/mol. The van der Waals surface area contributed by atoms with Crippen molar-refractivity contribution < 1.29 is 9.47 Å². The zero-order chi connectivity index (χ0) is 13.5. The van der Waals surface area contributed by atoms with E-state index < -0.39 is 0 Å². The summed E-state index contributed by atoms with van der Waals surface area (Å²) in [6.07, 6.45) is 0. The van der Waals surface area contributed by atoms with Crippen LogP contribution in [0.5, 0.6) is 11.5 Å². The zero-order valence-corrected chi connectivity index (χ0v) is 11.5. The van der Waals surface area contributed by atoms with Crippen LogP contribution in [0.3, 0.4) is 0 Å². The molecule has 0 bridgehead atoms. The van der Waals surface area contributed by atoms with Crippen LogP contribution in [0.1, 0.15) is 19.4 Å². The molecule has 0 radical (unpaired) electrons. The fourth-order valence-corrected chi connectivity index (χ4v) is 1.73. The topological polar surface area (TPSA) is 54.3 Å². The monoisotopic (exact) mass is 268 g/mol. The first-order valence-electron chi connectivity index (χ1n) is 5.68. The van der Waals surface area contributed by atoms with Crippen LogP contribution in [0.15, 0.2) is 12.1 Å².